The van der Waals surface area contributed by atoms with Crippen LogP contribution in [-0.2, 0) is 22.6 Å². The number of hydrogen-bond acceptors (Lipinski definition) is 4. The van der Waals surface area contributed by atoms with E-state index in [9.17, 15) is 14.0 Å². The van der Waals surface area contributed by atoms with Gasteiger partial charge in [0.2, 0.25) is 0 Å². The van der Waals surface area contributed by atoms with Crippen molar-refractivity contribution in [2.24, 2.45) is 0 Å². The van der Waals surface area contributed by atoms with Crippen LogP contribution in [0.5, 0.6) is 0 Å². The number of hydrogen-bond donors (Lipinski definition) is 2. The first-order valence-corrected chi connectivity index (χ1v) is 11.9. The van der Waals surface area contributed by atoms with Gasteiger partial charge in [-0.05, 0) is 73.7 Å². The normalized spacial score (nSPS) is 17.2. The number of aryl methyl sites for hydroxylation is 1. The Bertz CT molecular complexity index is 973. The van der Waals surface area contributed by atoms with Crippen molar-refractivity contribution in [3.05, 3.63) is 65.0 Å². The number of carbonyl (C=O) groups excluding carboxylic acids is 2. The Morgan fingerprint density at radius 2 is 1.67 bits per heavy atom. The predicted molar refractivity (Wildman–Crippen MR) is 127 cm³/mol. The number of piperidine rings is 1. The zero-order valence-corrected chi connectivity index (χ0v) is 19.3. The monoisotopic (exact) mass is 452 g/mol. The molecule has 2 aliphatic rings. The van der Waals surface area contributed by atoms with Crippen molar-refractivity contribution >= 4 is 17.5 Å². The van der Waals surface area contributed by atoms with Gasteiger partial charge in [-0.15, -0.1) is 0 Å². The van der Waals surface area contributed by atoms with Crippen molar-refractivity contribution in [2.45, 2.75) is 44.7 Å². The molecule has 2 amide bonds. The Hall–Kier alpha value is -2.93. The number of halogens is 1. The SMILES string of the molecule is CN1CCCc2cc([C@@H](CNC(=O)C(=O)NCc3ccc(F)cc3)N3CCCCC3)ccc21. The summed E-state index contributed by atoms with van der Waals surface area (Å²) in [4.78, 5) is 29.5. The Labute approximate surface area is 195 Å². The summed E-state index contributed by atoms with van der Waals surface area (Å²) in [6.07, 6.45) is 5.74. The Balaban J connectivity index is 1.40. The molecule has 1 atom stereocenters. The molecule has 4 rings (SSSR count). The van der Waals surface area contributed by atoms with Crippen LogP contribution in [0.1, 0.15) is 48.4 Å². The quantitative estimate of drug-likeness (QED) is 0.661. The summed E-state index contributed by atoms with van der Waals surface area (Å²) >= 11 is 0. The summed E-state index contributed by atoms with van der Waals surface area (Å²) in [7, 11) is 2.13. The molecule has 2 N–H and O–H groups in total. The van der Waals surface area contributed by atoms with Gasteiger partial charge in [-0.25, -0.2) is 4.39 Å². The molecule has 0 saturated carbocycles. The number of benzene rings is 2. The van der Waals surface area contributed by atoms with Crippen LogP contribution in [0.4, 0.5) is 10.1 Å². The van der Waals surface area contributed by atoms with Gasteiger partial charge in [0.05, 0.1) is 6.04 Å². The summed E-state index contributed by atoms with van der Waals surface area (Å²) in [6.45, 7) is 3.63. The van der Waals surface area contributed by atoms with Gasteiger partial charge in [0.15, 0.2) is 0 Å². The van der Waals surface area contributed by atoms with Gasteiger partial charge in [0.1, 0.15) is 5.82 Å². The van der Waals surface area contributed by atoms with E-state index in [0.29, 0.717) is 6.54 Å². The third-order valence-electron chi connectivity index (χ3n) is 6.70. The lowest BCUT2D eigenvalue weighted by Gasteiger charge is -2.36. The van der Waals surface area contributed by atoms with Crippen LogP contribution in [0.3, 0.4) is 0 Å². The molecule has 176 valence electrons. The van der Waals surface area contributed by atoms with E-state index in [-0.39, 0.29) is 18.4 Å². The lowest BCUT2D eigenvalue weighted by Crippen LogP contribution is -2.45. The highest BCUT2D eigenvalue weighted by molar-refractivity contribution is 6.35. The first kappa shape index (κ1) is 23.2. The minimum Gasteiger partial charge on any atom is -0.374 e. The minimum absolute atomic E-state index is 0.0386. The molecule has 2 heterocycles. The Kier molecular flexibility index (Phi) is 7.60. The maximum atomic E-state index is 13.0. The number of nitrogens with zero attached hydrogens (tertiary/aromatic N) is 2. The molecule has 2 aliphatic heterocycles. The highest BCUT2D eigenvalue weighted by Gasteiger charge is 2.25. The maximum absolute atomic E-state index is 13.0. The van der Waals surface area contributed by atoms with Gasteiger partial charge in [-0.1, -0.05) is 30.7 Å². The second-order valence-corrected chi connectivity index (χ2v) is 9.04. The highest BCUT2D eigenvalue weighted by atomic mass is 19.1. The average molecular weight is 453 g/mol. The molecule has 2 aromatic carbocycles. The highest BCUT2D eigenvalue weighted by Crippen LogP contribution is 2.31. The van der Waals surface area contributed by atoms with Gasteiger partial charge in [0.25, 0.3) is 0 Å². The number of amides is 2. The summed E-state index contributed by atoms with van der Waals surface area (Å²) in [5.74, 6) is -1.65. The molecule has 6 nitrogen and oxygen atoms in total. The molecular weight excluding hydrogens is 419 g/mol. The second kappa shape index (κ2) is 10.8. The molecule has 0 aliphatic carbocycles. The van der Waals surface area contributed by atoms with Gasteiger partial charge >= 0.3 is 11.8 Å². The van der Waals surface area contributed by atoms with Crippen LogP contribution in [0.2, 0.25) is 0 Å². The van der Waals surface area contributed by atoms with Gasteiger partial charge in [-0.3, -0.25) is 14.5 Å². The van der Waals surface area contributed by atoms with E-state index in [1.807, 2.05) is 0 Å². The third kappa shape index (κ3) is 5.90. The first-order chi connectivity index (χ1) is 16.0. The van der Waals surface area contributed by atoms with Crippen molar-refractivity contribution in [1.29, 1.82) is 0 Å². The summed E-state index contributed by atoms with van der Waals surface area (Å²) in [6, 6.07) is 12.5. The summed E-state index contributed by atoms with van der Waals surface area (Å²) in [5, 5.41) is 5.46. The fourth-order valence-corrected chi connectivity index (χ4v) is 4.83. The standard InChI is InChI=1S/C26H33FN4O2/c1-30-13-5-6-20-16-21(9-12-23(20)30)24(31-14-3-2-4-15-31)18-29-26(33)25(32)28-17-19-7-10-22(27)11-8-19/h7-12,16,24H,2-6,13-15,17-18H2,1H3,(H,28,32)(H,29,33)/t24-/m1/s1. The smallest absolute Gasteiger partial charge is 0.309 e. The van der Waals surface area contributed by atoms with Crippen molar-refractivity contribution in [3.8, 4) is 0 Å². The van der Waals surface area contributed by atoms with Gasteiger partial charge in [0, 0.05) is 32.4 Å². The van der Waals surface area contributed by atoms with E-state index in [2.05, 4.69) is 45.7 Å². The van der Waals surface area contributed by atoms with E-state index in [1.54, 1.807) is 12.1 Å². The predicted octanol–water partition coefficient (Wildman–Crippen LogP) is 3.17. The zero-order valence-electron chi connectivity index (χ0n) is 19.3. The van der Waals surface area contributed by atoms with Crippen molar-refractivity contribution < 1.29 is 14.0 Å². The van der Waals surface area contributed by atoms with E-state index in [4.69, 9.17) is 0 Å². The molecule has 2 aromatic rings. The van der Waals surface area contributed by atoms with E-state index in [0.717, 1.165) is 50.9 Å². The molecule has 0 aromatic heterocycles. The van der Waals surface area contributed by atoms with Crippen LogP contribution in [0.25, 0.3) is 0 Å². The lowest BCUT2D eigenvalue weighted by atomic mass is 9.95. The van der Waals surface area contributed by atoms with Crippen molar-refractivity contribution in [3.63, 3.8) is 0 Å². The van der Waals surface area contributed by atoms with E-state index < -0.39 is 11.8 Å². The molecule has 0 unspecified atom stereocenters. The largest absolute Gasteiger partial charge is 0.374 e. The van der Waals surface area contributed by atoms with Crippen LogP contribution in [-0.4, -0.2) is 49.9 Å². The third-order valence-corrected chi connectivity index (χ3v) is 6.70. The molecule has 33 heavy (non-hydrogen) atoms. The first-order valence-electron chi connectivity index (χ1n) is 11.9. The van der Waals surface area contributed by atoms with Gasteiger partial charge in [-0.2, -0.15) is 0 Å². The minimum atomic E-state index is -0.677. The Morgan fingerprint density at radius 1 is 0.939 bits per heavy atom. The number of fused-ring (bicyclic) bond motifs is 1. The molecule has 0 spiro atoms. The van der Waals surface area contributed by atoms with Gasteiger partial charge < -0.3 is 15.5 Å². The lowest BCUT2D eigenvalue weighted by molar-refractivity contribution is -0.139. The fraction of sp³-hybridized carbons (Fsp3) is 0.462. The number of anilines is 1. The van der Waals surface area contributed by atoms with E-state index in [1.165, 1.54) is 35.4 Å². The molecule has 0 bridgehead atoms. The molecule has 7 heteroatoms. The molecular formula is C26H33FN4O2. The molecule has 1 saturated heterocycles. The van der Waals surface area contributed by atoms with Crippen molar-refractivity contribution in [1.82, 2.24) is 15.5 Å². The number of carbonyl (C=O) groups is 2. The fourth-order valence-electron chi connectivity index (χ4n) is 4.83. The Morgan fingerprint density at radius 3 is 2.42 bits per heavy atom. The zero-order chi connectivity index (χ0) is 23.2. The topological polar surface area (TPSA) is 64.7 Å². The summed E-state index contributed by atoms with van der Waals surface area (Å²) in [5.41, 5.74) is 4.57. The van der Waals surface area contributed by atoms with Crippen LogP contribution >= 0.6 is 0 Å². The van der Waals surface area contributed by atoms with Crippen LogP contribution < -0.4 is 15.5 Å². The van der Waals surface area contributed by atoms with Crippen molar-refractivity contribution in [2.75, 3.05) is 38.1 Å². The maximum Gasteiger partial charge on any atom is 0.309 e. The average Bonchev–Trinajstić information content (AvgIpc) is 2.84. The molecule has 0 radical (unpaired) electrons. The number of rotatable bonds is 6. The molecule has 1 fully saturated rings. The summed E-state index contributed by atoms with van der Waals surface area (Å²) < 4.78 is 13.0. The van der Waals surface area contributed by atoms with E-state index >= 15 is 0 Å². The second-order valence-electron chi connectivity index (χ2n) is 9.04. The van der Waals surface area contributed by atoms with Crippen LogP contribution in [0.15, 0.2) is 42.5 Å². The number of likely N-dealkylation sites (tertiary alicyclic amines) is 1. The van der Waals surface area contributed by atoms with Crippen LogP contribution in [0, 0.1) is 5.82 Å². The number of nitrogens with one attached hydrogen (secondary N) is 2.